The van der Waals surface area contributed by atoms with E-state index in [-0.39, 0.29) is 151 Å². The van der Waals surface area contributed by atoms with Gasteiger partial charge in [0.1, 0.15) is 25.1 Å². The third-order valence-electron chi connectivity index (χ3n) is 30.2. The summed E-state index contributed by atoms with van der Waals surface area (Å²) in [6.07, 6.45) is 4.30. The van der Waals surface area contributed by atoms with Gasteiger partial charge in [0.25, 0.3) is 0 Å². The zero-order valence-corrected chi connectivity index (χ0v) is 58.8. The van der Waals surface area contributed by atoms with Crippen LogP contribution in [0.3, 0.4) is 0 Å². The molecule has 15 aliphatic rings. The Morgan fingerprint density at radius 2 is 0.818 bits per heavy atom. The van der Waals surface area contributed by atoms with Gasteiger partial charge in [0.2, 0.25) is 0 Å². The second-order valence-corrected chi connectivity index (χ2v) is 33.8. The van der Waals surface area contributed by atoms with Crippen LogP contribution in [0.2, 0.25) is 0 Å². The van der Waals surface area contributed by atoms with Gasteiger partial charge in [-0.1, -0.05) is 39.0 Å². The highest BCUT2D eigenvalue weighted by molar-refractivity contribution is 6.03. The second kappa shape index (κ2) is 24.0. The number of nitrogens with one attached hydrogen (secondary N) is 1. The monoisotopic (exact) mass is 1410 g/mol. The van der Waals surface area contributed by atoms with Crippen LogP contribution in [-0.4, -0.2) is 204 Å². The molecule has 544 valence electrons. The summed E-state index contributed by atoms with van der Waals surface area (Å²) in [6, 6.07) is 0. The Bertz CT molecular complexity index is 3680. The zero-order chi connectivity index (χ0) is 71.4. The highest BCUT2D eigenvalue weighted by Crippen LogP contribution is 2.78. The molecule has 12 aliphatic carbocycles. The molecule has 15 rings (SSSR count). The summed E-state index contributed by atoms with van der Waals surface area (Å²) >= 11 is 0. The topological polar surface area (TPSA) is 254 Å². The van der Waals surface area contributed by atoms with Crippen LogP contribution in [0.25, 0.3) is 0 Å². The number of likely N-dealkylation sites (tertiary alicyclic amines) is 2. The van der Waals surface area contributed by atoms with Gasteiger partial charge in [-0.3, -0.25) is 38.4 Å². The molecule has 17 nitrogen and oxygen atoms in total. The van der Waals surface area contributed by atoms with Gasteiger partial charge in [0.15, 0.2) is 64.9 Å². The highest BCUT2D eigenvalue weighted by Gasteiger charge is 2.82. The zero-order valence-electron chi connectivity index (χ0n) is 58.0. The summed E-state index contributed by atoms with van der Waals surface area (Å²) < 4.78 is 108. The minimum absolute atomic E-state index is 0. The van der Waals surface area contributed by atoms with Crippen LogP contribution in [0.4, 0.5) is 26.3 Å². The van der Waals surface area contributed by atoms with Gasteiger partial charge < -0.3 is 45.0 Å². The fourth-order valence-electron chi connectivity index (χ4n) is 25.9. The maximum atomic E-state index is 17.3. The molecule has 0 amide bonds. The Morgan fingerprint density at radius 1 is 0.505 bits per heavy atom. The summed E-state index contributed by atoms with van der Waals surface area (Å²) in [7, 11) is 3.86. The van der Waals surface area contributed by atoms with Crippen molar-refractivity contribution in [2.24, 2.45) is 102 Å². The first-order valence-corrected chi connectivity index (χ1v) is 35.1. The molecule has 0 spiro atoms. The van der Waals surface area contributed by atoms with E-state index in [4.69, 9.17) is 9.47 Å². The van der Waals surface area contributed by atoms with Gasteiger partial charge in [-0.2, -0.15) is 0 Å². The maximum Gasteiger partial charge on any atom is 0.303 e. The SMILES string of the molecule is CC(=O)OCC(=O)[C@@]12CN(C)C[C@@H]1C[C@H]1C3C[C@H](F)C4=CC(=O)C=C[C@]4(C)[C@@]3(F)[C@@H](O)C[C@@]12C.CC(=O)OCC(=O)[C@@]12CNC[C@@H]1C[C@H]1C3C[C@H](F)C4=CC(=O)C=C[C@]4(C)[C@@]3(F)[C@@H](O)C[C@@]12C.CN1C[C@@H]2C[C@H]3[C@@H]4C[C@H](F)C5=CC(=O)C=C[C@]5(C)[C@@]4(F)[C@@H](O)C[C@]3(C)[C@]2(C(=O)CO)C1.Cl. The third kappa shape index (κ3) is 9.35. The van der Waals surface area contributed by atoms with Gasteiger partial charge in [0, 0.05) is 80.6 Å². The molecule has 2 unspecified atom stereocenters. The number of halogens is 7. The van der Waals surface area contributed by atoms with E-state index in [9.17, 15) is 58.8 Å². The minimum atomic E-state index is -2.16. The van der Waals surface area contributed by atoms with Crippen LogP contribution in [0.1, 0.15) is 113 Å². The Hall–Kier alpha value is -5.01. The summed E-state index contributed by atoms with van der Waals surface area (Å²) in [5.74, 6) is -6.54. The van der Waals surface area contributed by atoms with Crippen molar-refractivity contribution in [1.82, 2.24) is 15.1 Å². The van der Waals surface area contributed by atoms with Crippen LogP contribution in [-0.2, 0) is 47.8 Å². The lowest BCUT2D eigenvalue weighted by atomic mass is 9.43. The predicted octanol–water partition coefficient (Wildman–Crippen LogP) is 7.29. The molecule has 0 aromatic rings. The quantitative estimate of drug-likeness (QED) is 0.118. The number of esters is 2. The molecule has 24 heteroatoms. The lowest BCUT2D eigenvalue weighted by molar-refractivity contribution is -0.212. The van der Waals surface area contributed by atoms with E-state index < -0.39 is 139 Å². The largest absolute Gasteiger partial charge is 0.458 e. The first kappa shape index (κ1) is 73.7. The van der Waals surface area contributed by atoms with Crippen LogP contribution < -0.4 is 5.32 Å². The minimum Gasteiger partial charge on any atom is -0.458 e. The molecule has 99 heavy (non-hydrogen) atoms. The van der Waals surface area contributed by atoms with Gasteiger partial charge in [-0.05, 0) is 204 Å². The number of aliphatic hydroxyl groups excluding tert-OH is 4. The van der Waals surface area contributed by atoms with Crippen molar-refractivity contribution in [3.05, 3.63) is 71.4 Å². The second-order valence-electron chi connectivity index (χ2n) is 33.8. The van der Waals surface area contributed by atoms with Crippen LogP contribution in [0, 0.1) is 102 Å². The molecule has 0 aromatic carbocycles. The number of carbonyl (C=O) groups excluding carboxylic acids is 8. The number of aliphatic hydroxyl groups is 4. The van der Waals surface area contributed by atoms with Crippen molar-refractivity contribution in [2.45, 2.75) is 167 Å². The number of fused-ring (bicyclic) bond motifs is 21. The molecular weight excluding hydrogens is 1320 g/mol. The Kier molecular flexibility index (Phi) is 17.9. The number of hydrogen-bond acceptors (Lipinski definition) is 17. The average Bonchev–Trinajstić information content (AvgIpc) is 1.58. The van der Waals surface area contributed by atoms with Crippen LogP contribution in [0.15, 0.2) is 71.4 Å². The maximum absolute atomic E-state index is 17.3. The van der Waals surface area contributed by atoms with Crippen molar-refractivity contribution in [2.75, 3.05) is 73.2 Å². The molecule has 3 heterocycles. The van der Waals surface area contributed by atoms with Crippen LogP contribution in [0.5, 0.6) is 0 Å². The number of ketones is 6. The van der Waals surface area contributed by atoms with Gasteiger partial charge in [-0.25, -0.2) is 26.3 Å². The summed E-state index contributed by atoms with van der Waals surface area (Å²) in [6.45, 7) is 14.8. The molecule has 0 aromatic heterocycles. The van der Waals surface area contributed by atoms with E-state index in [1.165, 1.54) is 68.5 Å². The normalized spacial score (nSPS) is 50.4. The van der Waals surface area contributed by atoms with Crippen molar-refractivity contribution in [3.63, 3.8) is 0 Å². The van der Waals surface area contributed by atoms with Gasteiger partial charge >= 0.3 is 11.9 Å². The average molecular weight is 1410 g/mol. The molecule has 27 atom stereocenters. The molecule has 9 saturated carbocycles. The lowest BCUT2D eigenvalue weighted by Crippen LogP contribution is -2.69. The highest BCUT2D eigenvalue weighted by atomic mass is 35.5. The predicted molar refractivity (Wildman–Crippen MR) is 350 cm³/mol. The fraction of sp³-hybridized carbons (Fsp3) is 0.733. The third-order valence-corrected chi connectivity index (χ3v) is 30.2. The van der Waals surface area contributed by atoms with E-state index in [2.05, 4.69) is 15.1 Å². The van der Waals surface area contributed by atoms with Gasteiger partial charge in [-0.15, -0.1) is 12.4 Å². The number of Topliss-reactive ketones (excluding diaryl/α,β-unsaturated/α-hetero) is 3. The number of rotatable bonds is 8. The number of nitrogens with zero attached hydrogens (tertiary/aromatic N) is 2. The smallest absolute Gasteiger partial charge is 0.303 e. The number of alkyl halides is 6. The molecule has 5 N–H and O–H groups in total. The van der Waals surface area contributed by atoms with E-state index >= 15 is 26.3 Å². The van der Waals surface area contributed by atoms with Crippen molar-refractivity contribution in [1.29, 1.82) is 0 Å². The van der Waals surface area contributed by atoms with Crippen molar-refractivity contribution < 1.29 is 94.6 Å². The number of carbonyl (C=O) groups is 8. The number of hydrogen-bond donors (Lipinski definition) is 5. The Morgan fingerprint density at radius 3 is 1.15 bits per heavy atom. The molecule has 0 bridgehead atoms. The molecule has 3 aliphatic heterocycles. The lowest BCUT2D eigenvalue weighted by Gasteiger charge is -2.63. The standard InChI is InChI=1S/C26H33F2NO5.C25H31F2NO5.C24H31F2NO4.ClH/c1-14(30)34-12-22(33)25-13-29(4)11-15(25)7-17-18-9-20(27)19-8-16(31)5-6-23(19,2)26(18,28)21(32)10-24(17,25)3;1-13(29)33-11-21(32)24-12-28-10-14(24)6-16-17-8-19(26)18-7-15(30)4-5-22(18,2)25(17,27)20(31)9-23(16,24)3;1-21-5-4-14(29)7-17(21)18(25)8-16-15-6-13-10-27(3)12-23(13,20(31)11-28)22(15,2)9-19(30)24(16,21)26;/h5-6,8,15,17-18,20-21,32H,7,9-13H2,1-4H3;4-5,7,14,16-17,19-20,28,31H,6,8-12H2,1-3H3;4-5,7,13,15-16,18-19,28,30H,6,8-12H2,1-3H3;1H/t15-,17-,18?,20-,21-,23-,24-,25+,26-;14-,16-,17?,19-,20-,22-,23-,24+,25-;13-,15-,16-,18-,19-,21-,22-,23+,24-;/m000./s1. The molecule has 12 fully saturated rings. The molecule has 3 saturated heterocycles. The Balaban J connectivity index is 0.000000140. The van der Waals surface area contributed by atoms with E-state index in [1.807, 2.05) is 34.9 Å². The summed E-state index contributed by atoms with van der Waals surface area (Å²) in [4.78, 5) is 103. The number of allylic oxidation sites excluding steroid dienone is 12. The van der Waals surface area contributed by atoms with Gasteiger partial charge in [0.05, 0.1) is 34.6 Å². The summed E-state index contributed by atoms with van der Waals surface area (Å²) in [5.41, 5.74) is -15.4. The number of ether oxygens (including phenoxy) is 2. The van der Waals surface area contributed by atoms with E-state index in [0.717, 1.165) is 0 Å². The summed E-state index contributed by atoms with van der Waals surface area (Å²) in [5, 5.41) is 47.4. The first-order valence-electron chi connectivity index (χ1n) is 35.1. The van der Waals surface area contributed by atoms with E-state index in [1.54, 1.807) is 20.8 Å². The Labute approximate surface area is 579 Å². The van der Waals surface area contributed by atoms with Crippen molar-refractivity contribution in [3.8, 4) is 0 Å². The van der Waals surface area contributed by atoms with E-state index in [0.29, 0.717) is 58.5 Å². The molecular formula is C75H96ClF6N3O14. The fourth-order valence-corrected chi connectivity index (χ4v) is 25.9. The van der Waals surface area contributed by atoms with Crippen molar-refractivity contribution >= 4 is 59.0 Å². The van der Waals surface area contributed by atoms with Crippen LogP contribution >= 0.6 is 12.4 Å². The first-order chi connectivity index (χ1) is 45.7. The molecule has 0 radical (unpaired) electrons.